The summed E-state index contributed by atoms with van der Waals surface area (Å²) in [5.74, 6) is 0.940. The van der Waals surface area contributed by atoms with Crippen LogP contribution in [0.5, 0.6) is 0 Å². The maximum absolute atomic E-state index is 10.8. The number of rotatable bonds is 6. The fourth-order valence-electron chi connectivity index (χ4n) is 2.27. The number of hydrogen-bond donors (Lipinski definition) is 0. The van der Waals surface area contributed by atoms with E-state index in [0.29, 0.717) is 0 Å². The second-order valence-electron chi connectivity index (χ2n) is 4.79. The molecule has 2 rings (SSSR count). The van der Waals surface area contributed by atoms with Gasteiger partial charge in [0.25, 0.3) is 5.69 Å². The molecule has 5 heteroatoms. The first-order chi connectivity index (χ1) is 9.65. The molecule has 0 aliphatic carbocycles. The molecule has 0 atom stereocenters. The van der Waals surface area contributed by atoms with Gasteiger partial charge in [-0.3, -0.25) is 10.1 Å². The van der Waals surface area contributed by atoms with E-state index in [4.69, 9.17) is 0 Å². The summed E-state index contributed by atoms with van der Waals surface area (Å²) in [7, 11) is 0. The van der Waals surface area contributed by atoms with E-state index >= 15 is 0 Å². The predicted octanol–water partition coefficient (Wildman–Crippen LogP) is 3.77. The zero-order chi connectivity index (χ0) is 14.5. The molecule has 5 nitrogen and oxygen atoms in total. The van der Waals surface area contributed by atoms with Crippen molar-refractivity contribution in [1.29, 1.82) is 0 Å². The van der Waals surface area contributed by atoms with Gasteiger partial charge in [-0.2, -0.15) is 0 Å². The van der Waals surface area contributed by atoms with Crippen LogP contribution < -0.4 is 4.90 Å². The first-order valence-electron chi connectivity index (χ1n) is 6.95. The van der Waals surface area contributed by atoms with E-state index in [9.17, 15) is 10.1 Å². The van der Waals surface area contributed by atoms with Crippen molar-refractivity contribution in [3.63, 3.8) is 0 Å². The summed E-state index contributed by atoms with van der Waals surface area (Å²) in [6.07, 6.45) is 2.14. The van der Waals surface area contributed by atoms with Crippen molar-refractivity contribution in [2.45, 2.75) is 26.7 Å². The fourth-order valence-corrected chi connectivity index (χ4v) is 2.27. The number of aromatic nitrogens is 1. The summed E-state index contributed by atoms with van der Waals surface area (Å²) in [6, 6.07) is 8.63. The Bertz CT molecular complexity index is 607. The number of non-ortho nitro benzene ring substituents is 1. The van der Waals surface area contributed by atoms with Gasteiger partial charge in [0.05, 0.1) is 10.4 Å². The Kier molecular flexibility index (Phi) is 4.50. The van der Waals surface area contributed by atoms with Crippen molar-refractivity contribution in [2.24, 2.45) is 0 Å². The van der Waals surface area contributed by atoms with Crippen molar-refractivity contribution >= 4 is 22.4 Å². The third-order valence-corrected chi connectivity index (χ3v) is 3.18. The fraction of sp³-hybridized carbons (Fsp3) is 0.400. The molecule has 2 aromatic rings. The van der Waals surface area contributed by atoms with Gasteiger partial charge in [-0.05, 0) is 31.0 Å². The van der Waals surface area contributed by atoms with Crippen LogP contribution in [0.4, 0.5) is 11.5 Å². The Morgan fingerprint density at radius 1 is 1.15 bits per heavy atom. The summed E-state index contributed by atoms with van der Waals surface area (Å²) >= 11 is 0. The number of nitro groups is 1. The highest BCUT2D eigenvalue weighted by molar-refractivity contribution is 5.82. The van der Waals surface area contributed by atoms with Crippen LogP contribution in [0.25, 0.3) is 10.9 Å². The van der Waals surface area contributed by atoms with E-state index in [0.717, 1.165) is 42.7 Å². The van der Waals surface area contributed by atoms with Crippen LogP contribution in [0.2, 0.25) is 0 Å². The standard InChI is InChI=1S/C15H19N3O2/c1-3-9-17(10-4-2)15-8-5-12-11-13(18(19)20)6-7-14(12)16-15/h5-8,11H,3-4,9-10H2,1-2H3. The highest BCUT2D eigenvalue weighted by atomic mass is 16.6. The van der Waals surface area contributed by atoms with Crippen LogP contribution >= 0.6 is 0 Å². The first-order valence-corrected chi connectivity index (χ1v) is 6.95. The van der Waals surface area contributed by atoms with Gasteiger partial charge in [0.15, 0.2) is 0 Å². The number of benzene rings is 1. The van der Waals surface area contributed by atoms with Gasteiger partial charge in [0.2, 0.25) is 0 Å². The summed E-state index contributed by atoms with van der Waals surface area (Å²) < 4.78 is 0. The molecule has 1 heterocycles. The van der Waals surface area contributed by atoms with Crippen molar-refractivity contribution in [3.8, 4) is 0 Å². The van der Waals surface area contributed by atoms with Crippen LogP contribution in [0.15, 0.2) is 30.3 Å². The third kappa shape index (κ3) is 3.04. The number of nitro benzene ring substituents is 1. The van der Waals surface area contributed by atoms with Gasteiger partial charge >= 0.3 is 0 Å². The normalized spacial score (nSPS) is 10.7. The molecular formula is C15H19N3O2. The number of anilines is 1. The van der Waals surface area contributed by atoms with E-state index in [2.05, 4.69) is 23.7 Å². The summed E-state index contributed by atoms with van der Waals surface area (Å²) in [5.41, 5.74) is 0.899. The van der Waals surface area contributed by atoms with Crippen molar-refractivity contribution in [2.75, 3.05) is 18.0 Å². The minimum atomic E-state index is -0.381. The molecule has 1 aromatic carbocycles. The van der Waals surface area contributed by atoms with Gasteiger partial charge in [0, 0.05) is 30.6 Å². The lowest BCUT2D eigenvalue weighted by Gasteiger charge is -2.22. The van der Waals surface area contributed by atoms with E-state index in [1.54, 1.807) is 12.1 Å². The lowest BCUT2D eigenvalue weighted by atomic mass is 10.2. The molecule has 0 unspecified atom stereocenters. The zero-order valence-corrected chi connectivity index (χ0v) is 11.9. The van der Waals surface area contributed by atoms with E-state index < -0.39 is 0 Å². The molecule has 0 amide bonds. The SMILES string of the molecule is CCCN(CCC)c1ccc2cc([N+](=O)[O-])ccc2n1. The Morgan fingerprint density at radius 3 is 2.45 bits per heavy atom. The average Bonchev–Trinajstić information content (AvgIpc) is 2.46. The van der Waals surface area contributed by atoms with Crippen LogP contribution in [0, 0.1) is 10.1 Å². The molecule has 20 heavy (non-hydrogen) atoms. The molecule has 106 valence electrons. The highest BCUT2D eigenvalue weighted by Gasteiger charge is 2.10. The smallest absolute Gasteiger partial charge is 0.270 e. The topological polar surface area (TPSA) is 59.3 Å². The van der Waals surface area contributed by atoms with Crippen LogP contribution in [0.3, 0.4) is 0 Å². The number of nitrogens with zero attached hydrogens (tertiary/aromatic N) is 3. The number of pyridine rings is 1. The minimum absolute atomic E-state index is 0.103. The van der Waals surface area contributed by atoms with Crippen molar-refractivity contribution < 1.29 is 4.92 Å². The maximum atomic E-state index is 10.8. The summed E-state index contributed by atoms with van der Waals surface area (Å²) in [5, 5.41) is 11.6. The van der Waals surface area contributed by atoms with Crippen LogP contribution in [0.1, 0.15) is 26.7 Å². The van der Waals surface area contributed by atoms with Gasteiger partial charge in [-0.15, -0.1) is 0 Å². The van der Waals surface area contributed by atoms with Gasteiger partial charge in [-0.25, -0.2) is 4.98 Å². The monoisotopic (exact) mass is 273 g/mol. The average molecular weight is 273 g/mol. The molecule has 0 saturated carbocycles. The molecule has 0 fully saturated rings. The van der Waals surface area contributed by atoms with E-state index in [-0.39, 0.29) is 10.6 Å². The van der Waals surface area contributed by atoms with Crippen molar-refractivity contribution in [3.05, 3.63) is 40.4 Å². The maximum Gasteiger partial charge on any atom is 0.270 e. The van der Waals surface area contributed by atoms with Crippen LogP contribution in [-0.4, -0.2) is 23.0 Å². The molecule has 0 aliphatic rings. The molecule has 0 radical (unpaired) electrons. The second-order valence-corrected chi connectivity index (χ2v) is 4.79. The molecular weight excluding hydrogens is 254 g/mol. The molecule has 0 N–H and O–H groups in total. The number of hydrogen-bond acceptors (Lipinski definition) is 4. The third-order valence-electron chi connectivity index (χ3n) is 3.18. The highest BCUT2D eigenvalue weighted by Crippen LogP contribution is 2.22. The van der Waals surface area contributed by atoms with Crippen molar-refractivity contribution in [1.82, 2.24) is 4.98 Å². The zero-order valence-electron chi connectivity index (χ0n) is 11.9. The minimum Gasteiger partial charge on any atom is -0.357 e. The lowest BCUT2D eigenvalue weighted by Crippen LogP contribution is -2.25. The van der Waals surface area contributed by atoms with Gasteiger partial charge in [0.1, 0.15) is 5.82 Å². The molecule has 0 saturated heterocycles. The molecule has 0 spiro atoms. The first kappa shape index (κ1) is 14.2. The summed E-state index contributed by atoms with van der Waals surface area (Å²) in [6.45, 7) is 6.23. The summed E-state index contributed by atoms with van der Waals surface area (Å²) in [4.78, 5) is 17.3. The van der Waals surface area contributed by atoms with Crippen LogP contribution in [-0.2, 0) is 0 Å². The predicted molar refractivity (Wildman–Crippen MR) is 81.2 cm³/mol. The van der Waals surface area contributed by atoms with Gasteiger partial charge in [-0.1, -0.05) is 13.8 Å². The quantitative estimate of drug-likeness (QED) is 0.593. The Labute approximate surface area is 118 Å². The Hall–Kier alpha value is -2.17. The molecule has 0 bridgehead atoms. The second kappa shape index (κ2) is 6.32. The van der Waals surface area contributed by atoms with E-state index in [1.807, 2.05) is 12.1 Å². The molecule has 1 aromatic heterocycles. The molecule has 0 aliphatic heterocycles. The lowest BCUT2D eigenvalue weighted by molar-refractivity contribution is -0.384. The van der Waals surface area contributed by atoms with Gasteiger partial charge < -0.3 is 4.90 Å². The Morgan fingerprint density at radius 2 is 1.85 bits per heavy atom. The number of fused-ring (bicyclic) bond motifs is 1. The van der Waals surface area contributed by atoms with E-state index in [1.165, 1.54) is 6.07 Å². The Balaban J connectivity index is 2.37. The largest absolute Gasteiger partial charge is 0.357 e.